The Morgan fingerprint density at radius 1 is 1.00 bits per heavy atom. The molecule has 2 aliphatic heterocycles. The van der Waals surface area contributed by atoms with Crippen molar-refractivity contribution in [3.05, 3.63) is 66.8 Å². The largest absolute Gasteiger partial charge is 0.382 e. The highest BCUT2D eigenvalue weighted by Gasteiger charge is 2.46. The molecule has 2 atom stereocenters. The minimum atomic E-state index is -3.75. The first kappa shape index (κ1) is 25.3. The number of nitrogens with zero attached hydrogens (tertiary/aromatic N) is 8. The summed E-state index contributed by atoms with van der Waals surface area (Å²) < 4.78 is 27.5. The fourth-order valence-electron chi connectivity index (χ4n) is 6.24. The molecular formula is C27H26N10O3S. The summed E-state index contributed by atoms with van der Waals surface area (Å²) in [5, 5.41) is 10.8. The first-order chi connectivity index (χ1) is 19.8. The minimum absolute atomic E-state index is 0.00749. The average Bonchev–Trinajstić information content (AvgIpc) is 3.71. The molecule has 14 heteroatoms. The van der Waals surface area contributed by atoms with Gasteiger partial charge in [0.15, 0.2) is 21.3 Å². The van der Waals surface area contributed by atoms with E-state index >= 15 is 0 Å². The van der Waals surface area contributed by atoms with Crippen LogP contribution in [0.3, 0.4) is 0 Å². The number of benzene rings is 1. The van der Waals surface area contributed by atoms with E-state index in [2.05, 4.69) is 30.2 Å². The van der Waals surface area contributed by atoms with Gasteiger partial charge < -0.3 is 10.6 Å². The Morgan fingerprint density at radius 2 is 1.71 bits per heavy atom. The number of nitrogens with two attached hydrogens (primary N) is 1. The third-order valence-corrected chi connectivity index (χ3v) is 9.16. The molecule has 2 unspecified atom stereocenters. The topological polar surface area (TPSA) is 178 Å². The van der Waals surface area contributed by atoms with Gasteiger partial charge in [0, 0.05) is 53.3 Å². The van der Waals surface area contributed by atoms with Crippen LogP contribution in [0.1, 0.15) is 47.9 Å². The number of fused-ring (bicyclic) bond motifs is 3. The van der Waals surface area contributed by atoms with E-state index < -0.39 is 9.84 Å². The molecule has 208 valence electrons. The molecule has 1 amide bonds. The van der Waals surface area contributed by atoms with Crippen LogP contribution in [-0.2, 0) is 9.84 Å². The number of anilines is 1. The number of piperidine rings is 1. The Balaban J connectivity index is 1.29. The van der Waals surface area contributed by atoms with E-state index in [0.717, 1.165) is 24.7 Å². The van der Waals surface area contributed by atoms with Gasteiger partial charge in [-0.2, -0.15) is 14.7 Å². The zero-order valence-electron chi connectivity index (χ0n) is 22.0. The second-order valence-corrected chi connectivity index (χ2v) is 12.5. The third-order valence-electron chi connectivity index (χ3n) is 8.00. The molecule has 2 saturated heterocycles. The lowest BCUT2D eigenvalue weighted by Gasteiger charge is -2.38. The second kappa shape index (κ2) is 9.44. The molecule has 0 saturated carbocycles. The highest BCUT2D eigenvalue weighted by Crippen LogP contribution is 2.45. The Labute approximate surface area is 234 Å². The molecule has 1 aromatic carbocycles. The number of carbonyl (C=O) groups excluding carboxylic acids is 1. The van der Waals surface area contributed by atoms with Gasteiger partial charge in [0.25, 0.3) is 5.91 Å². The van der Waals surface area contributed by atoms with Crippen molar-refractivity contribution in [3.8, 4) is 22.5 Å². The fourth-order valence-corrected chi connectivity index (χ4v) is 7.30. The van der Waals surface area contributed by atoms with E-state index in [1.165, 1.54) is 10.8 Å². The van der Waals surface area contributed by atoms with Gasteiger partial charge in [-0.05, 0) is 25.7 Å². The third kappa shape index (κ3) is 4.22. The summed E-state index contributed by atoms with van der Waals surface area (Å²) in [4.78, 5) is 33.0. The van der Waals surface area contributed by atoms with E-state index in [1.54, 1.807) is 18.6 Å². The number of rotatable bonds is 5. The molecule has 7 rings (SSSR count). The van der Waals surface area contributed by atoms with Crippen LogP contribution in [0, 0.1) is 0 Å². The number of hydrogen-bond acceptors (Lipinski definition) is 10. The van der Waals surface area contributed by atoms with E-state index in [-0.39, 0.29) is 40.4 Å². The van der Waals surface area contributed by atoms with Gasteiger partial charge in [0.2, 0.25) is 5.82 Å². The lowest BCUT2D eigenvalue weighted by Crippen LogP contribution is -2.46. The van der Waals surface area contributed by atoms with Gasteiger partial charge in [-0.25, -0.2) is 28.4 Å². The van der Waals surface area contributed by atoms with Crippen LogP contribution >= 0.6 is 0 Å². The number of nitrogens with one attached hydrogen (secondary N) is 1. The summed E-state index contributed by atoms with van der Waals surface area (Å²) in [6, 6.07) is 9.49. The minimum Gasteiger partial charge on any atom is -0.382 e. The Hall–Kier alpha value is -4.72. The lowest BCUT2D eigenvalue weighted by atomic mass is 9.87. The number of nitrogen functional groups attached to an aromatic ring is 1. The quantitative estimate of drug-likeness (QED) is 0.319. The summed E-state index contributed by atoms with van der Waals surface area (Å²) in [5.74, 6) is 0.374. The molecule has 0 spiro atoms. The molecule has 0 aliphatic carbocycles. The molecule has 6 heterocycles. The van der Waals surface area contributed by atoms with Crippen molar-refractivity contribution in [3.63, 3.8) is 0 Å². The van der Waals surface area contributed by atoms with Crippen molar-refractivity contribution < 1.29 is 13.2 Å². The number of amides is 1. The fraction of sp³-hybridized carbons (Fsp3) is 0.296. The number of aromatic amines is 1. The van der Waals surface area contributed by atoms with E-state index in [9.17, 15) is 13.2 Å². The van der Waals surface area contributed by atoms with Crippen molar-refractivity contribution in [2.45, 2.75) is 48.6 Å². The smallest absolute Gasteiger partial charge is 0.291 e. The molecule has 2 bridgehead atoms. The van der Waals surface area contributed by atoms with Crippen LogP contribution in [0.4, 0.5) is 5.82 Å². The summed E-state index contributed by atoms with van der Waals surface area (Å²) in [6.07, 6.45) is 10.2. The standard InChI is InChI=1S/C27H26N10O3S/c1-41(39,40)22-21(16-9-18-7-8-19(10-16)36(18)27(38)25-31-14-32-35-25)34-26-20(13-33-37(26)23(22)28)17-11-29-24(30-12-17)15-5-3-2-4-6-15/h2-6,11-14,16,18-19H,7-10,28H2,1H3,(H,31,32,35). The summed E-state index contributed by atoms with van der Waals surface area (Å²) in [5.41, 5.74) is 9.53. The normalized spacial score (nSPS) is 20.5. The molecule has 13 nitrogen and oxygen atoms in total. The van der Waals surface area contributed by atoms with Crippen LogP contribution in [0.5, 0.6) is 0 Å². The van der Waals surface area contributed by atoms with Crippen LogP contribution < -0.4 is 5.73 Å². The van der Waals surface area contributed by atoms with Gasteiger partial charge in [-0.15, -0.1) is 0 Å². The predicted octanol–water partition coefficient (Wildman–Crippen LogP) is 2.51. The number of aromatic nitrogens is 8. The Morgan fingerprint density at radius 3 is 2.34 bits per heavy atom. The van der Waals surface area contributed by atoms with E-state index in [1.807, 2.05) is 35.2 Å². The van der Waals surface area contributed by atoms with Crippen molar-refractivity contribution in [2.75, 3.05) is 12.0 Å². The Kier molecular flexibility index (Phi) is 5.81. The number of carbonyl (C=O) groups is 1. The molecule has 41 heavy (non-hydrogen) atoms. The first-order valence-electron chi connectivity index (χ1n) is 13.2. The first-order valence-corrected chi connectivity index (χ1v) is 15.1. The maximum Gasteiger partial charge on any atom is 0.291 e. The zero-order chi connectivity index (χ0) is 28.3. The van der Waals surface area contributed by atoms with Crippen molar-refractivity contribution in [1.82, 2.24) is 44.6 Å². The highest BCUT2D eigenvalue weighted by molar-refractivity contribution is 7.91. The summed E-state index contributed by atoms with van der Waals surface area (Å²) in [6.45, 7) is 0. The van der Waals surface area contributed by atoms with Crippen LogP contribution in [-0.4, -0.2) is 77.3 Å². The monoisotopic (exact) mass is 570 g/mol. The molecule has 4 aromatic heterocycles. The number of H-pyrrole nitrogens is 1. The van der Waals surface area contributed by atoms with Gasteiger partial charge >= 0.3 is 0 Å². The van der Waals surface area contributed by atoms with E-state index in [4.69, 9.17) is 10.7 Å². The highest BCUT2D eigenvalue weighted by atomic mass is 32.2. The SMILES string of the molecule is CS(=O)(=O)c1c(C2CC3CCC(C2)N3C(=O)c2ncn[nH]2)nc2c(-c3cnc(-c4ccccc4)nc3)cnn2c1N. The van der Waals surface area contributed by atoms with E-state index in [0.29, 0.717) is 41.1 Å². The number of sulfone groups is 1. The molecular weight excluding hydrogens is 544 g/mol. The summed E-state index contributed by atoms with van der Waals surface area (Å²) >= 11 is 0. The molecule has 2 fully saturated rings. The maximum absolute atomic E-state index is 13.1. The van der Waals surface area contributed by atoms with Crippen LogP contribution in [0.2, 0.25) is 0 Å². The van der Waals surface area contributed by atoms with Crippen LogP contribution in [0.25, 0.3) is 28.2 Å². The van der Waals surface area contributed by atoms with Crippen LogP contribution in [0.15, 0.2) is 60.1 Å². The molecule has 2 aliphatic rings. The Bertz CT molecular complexity index is 1860. The molecule has 3 N–H and O–H groups in total. The summed E-state index contributed by atoms with van der Waals surface area (Å²) in [7, 11) is -3.75. The lowest BCUT2D eigenvalue weighted by molar-refractivity contribution is 0.0556. The predicted molar refractivity (Wildman–Crippen MR) is 148 cm³/mol. The maximum atomic E-state index is 13.1. The zero-order valence-corrected chi connectivity index (χ0v) is 22.9. The number of hydrogen-bond donors (Lipinski definition) is 2. The average molecular weight is 571 g/mol. The van der Waals surface area contributed by atoms with Gasteiger partial charge in [0.1, 0.15) is 17.0 Å². The second-order valence-electron chi connectivity index (χ2n) is 10.5. The molecule has 0 radical (unpaired) electrons. The van der Waals surface area contributed by atoms with Gasteiger partial charge in [-0.3, -0.25) is 9.89 Å². The van der Waals surface area contributed by atoms with Gasteiger partial charge in [0.05, 0.1) is 11.9 Å². The molecule has 5 aromatic rings. The van der Waals surface area contributed by atoms with Crippen molar-refractivity contribution in [2.24, 2.45) is 0 Å². The van der Waals surface area contributed by atoms with Gasteiger partial charge in [-0.1, -0.05) is 30.3 Å². The van der Waals surface area contributed by atoms with Crippen molar-refractivity contribution in [1.29, 1.82) is 0 Å². The van der Waals surface area contributed by atoms with Crippen molar-refractivity contribution >= 4 is 27.2 Å².